The van der Waals surface area contributed by atoms with Crippen molar-refractivity contribution in [3.05, 3.63) is 29.1 Å². The van der Waals surface area contributed by atoms with E-state index in [0.717, 1.165) is 36.5 Å². The number of aryl methyl sites for hydroxylation is 1. The van der Waals surface area contributed by atoms with Crippen molar-refractivity contribution < 1.29 is 9.13 Å². The van der Waals surface area contributed by atoms with Crippen molar-refractivity contribution in [2.75, 3.05) is 13.2 Å². The summed E-state index contributed by atoms with van der Waals surface area (Å²) in [5.41, 5.74) is 7.53. The van der Waals surface area contributed by atoms with Crippen LogP contribution in [0.3, 0.4) is 0 Å². The highest BCUT2D eigenvalue weighted by molar-refractivity contribution is 8.00. The Morgan fingerprint density at radius 2 is 2.06 bits per heavy atom. The van der Waals surface area contributed by atoms with Gasteiger partial charge in [-0.25, -0.2) is 4.39 Å². The van der Waals surface area contributed by atoms with Crippen LogP contribution in [0.1, 0.15) is 36.9 Å². The van der Waals surface area contributed by atoms with E-state index in [1.165, 1.54) is 0 Å². The molecule has 1 heterocycles. The van der Waals surface area contributed by atoms with E-state index >= 15 is 0 Å². The summed E-state index contributed by atoms with van der Waals surface area (Å²) in [6.45, 7) is 5.35. The molecular weight excluding hydrogens is 249 g/mol. The van der Waals surface area contributed by atoms with Gasteiger partial charge in [-0.3, -0.25) is 0 Å². The van der Waals surface area contributed by atoms with Gasteiger partial charge in [-0.1, -0.05) is 0 Å². The molecule has 4 heteroatoms. The number of thioether (sulfide) groups is 1. The van der Waals surface area contributed by atoms with E-state index < -0.39 is 0 Å². The molecule has 1 aromatic carbocycles. The van der Waals surface area contributed by atoms with Crippen LogP contribution in [-0.4, -0.2) is 18.5 Å². The van der Waals surface area contributed by atoms with Gasteiger partial charge in [-0.05, 0) is 49.9 Å². The molecule has 2 N–H and O–H groups in total. The number of rotatable bonds is 3. The molecule has 0 amide bonds. The average molecular weight is 269 g/mol. The summed E-state index contributed by atoms with van der Waals surface area (Å²) >= 11 is 1.82. The summed E-state index contributed by atoms with van der Waals surface area (Å²) in [4.78, 5) is 1.12. The number of benzene rings is 1. The molecule has 1 aromatic rings. The average Bonchev–Trinajstić information content (AvgIpc) is 2.34. The normalized spacial score (nSPS) is 18.9. The molecule has 2 nitrogen and oxygen atoms in total. The fraction of sp³-hybridized carbons (Fsp3) is 0.571. The van der Waals surface area contributed by atoms with Crippen molar-refractivity contribution in [1.29, 1.82) is 0 Å². The SMILES string of the molecule is Cc1cc(SC2CCOCC2)c([C@H](C)N)cc1F. The van der Waals surface area contributed by atoms with Crippen LogP contribution in [0.4, 0.5) is 4.39 Å². The Kier molecular flexibility index (Phi) is 4.65. The van der Waals surface area contributed by atoms with Crippen molar-refractivity contribution in [3.63, 3.8) is 0 Å². The first-order valence-electron chi connectivity index (χ1n) is 6.38. The Bertz CT molecular complexity index is 417. The summed E-state index contributed by atoms with van der Waals surface area (Å²) in [5.74, 6) is -0.168. The zero-order valence-corrected chi connectivity index (χ0v) is 11.7. The quantitative estimate of drug-likeness (QED) is 0.913. The summed E-state index contributed by atoms with van der Waals surface area (Å²) in [6, 6.07) is 3.37. The van der Waals surface area contributed by atoms with Gasteiger partial charge in [-0.15, -0.1) is 11.8 Å². The maximum Gasteiger partial charge on any atom is 0.126 e. The van der Waals surface area contributed by atoms with Crippen molar-refractivity contribution in [2.45, 2.75) is 42.9 Å². The molecular formula is C14H20FNOS. The monoisotopic (exact) mass is 269 g/mol. The fourth-order valence-electron chi connectivity index (χ4n) is 2.10. The maximum absolute atomic E-state index is 13.6. The second kappa shape index (κ2) is 6.04. The summed E-state index contributed by atoms with van der Waals surface area (Å²) in [7, 11) is 0. The number of ether oxygens (including phenoxy) is 1. The molecule has 1 atom stereocenters. The summed E-state index contributed by atoms with van der Waals surface area (Å²) in [5, 5.41) is 0.557. The molecule has 1 aliphatic heterocycles. The van der Waals surface area contributed by atoms with Crippen LogP contribution >= 0.6 is 11.8 Å². The lowest BCUT2D eigenvalue weighted by atomic mass is 10.1. The molecule has 0 saturated carbocycles. The van der Waals surface area contributed by atoms with Crippen LogP contribution in [0.2, 0.25) is 0 Å². The number of halogens is 1. The molecule has 0 spiro atoms. The minimum atomic E-state index is -0.168. The van der Waals surface area contributed by atoms with Crippen LogP contribution in [0.25, 0.3) is 0 Å². The first kappa shape index (κ1) is 13.8. The largest absolute Gasteiger partial charge is 0.381 e. The standard InChI is InChI=1S/C14H20FNOS/c1-9-7-14(12(10(2)16)8-13(9)15)18-11-3-5-17-6-4-11/h7-8,10-11H,3-6,16H2,1-2H3/t10-/m0/s1. The molecule has 2 rings (SSSR count). The molecule has 0 bridgehead atoms. The lowest BCUT2D eigenvalue weighted by molar-refractivity contribution is 0.1000. The van der Waals surface area contributed by atoms with Crippen LogP contribution in [0, 0.1) is 12.7 Å². The lowest BCUT2D eigenvalue weighted by Gasteiger charge is -2.23. The molecule has 0 unspecified atom stereocenters. The highest BCUT2D eigenvalue weighted by atomic mass is 32.2. The highest BCUT2D eigenvalue weighted by Crippen LogP contribution is 2.35. The van der Waals surface area contributed by atoms with Crippen LogP contribution < -0.4 is 5.73 Å². The Hall–Kier alpha value is -0.580. The molecule has 100 valence electrons. The lowest BCUT2D eigenvalue weighted by Crippen LogP contribution is -2.18. The number of nitrogens with two attached hydrogens (primary N) is 1. The summed E-state index contributed by atoms with van der Waals surface area (Å²) in [6.07, 6.45) is 2.11. The van der Waals surface area contributed by atoms with Gasteiger partial charge in [0.25, 0.3) is 0 Å². The zero-order valence-electron chi connectivity index (χ0n) is 10.9. The van der Waals surface area contributed by atoms with Gasteiger partial charge in [0.1, 0.15) is 5.82 Å². The maximum atomic E-state index is 13.6. The molecule has 1 fully saturated rings. The molecule has 0 radical (unpaired) electrons. The molecule has 1 aliphatic rings. The minimum absolute atomic E-state index is 0.137. The fourth-order valence-corrected chi connectivity index (χ4v) is 3.51. The van der Waals surface area contributed by atoms with Crippen molar-refractivity contribution in [3.8, 4) is 0 Å². The molecule has 0 aromatic heterocycles. The highest BCUT2D eigenvalue weighted by Gasteiger charge is 2.18. The second-order valence-corrected chi connectivity index (χ2v) is 6.20. The first-order chi connectivity index (χ1) is 8.58. The van der Waals surface area contributed by atoms with E-state index in [0.29, 0.717) is 10.8 Å². The third-order valence-electron chi connectivity index (χ3n) is 3.24. The zero-order chi connectivity index (χ0) is 13.1. The Morgan fingerprint density at radius 3 is 2.67 bits per heavy atom. The second-order valence-electron chi connectivity index (χ2n) is 4.86. The van der Waals surface area contributed by atoms with Gasteiger partial charge in [0, 0.05) is 29.4 Å². The van der Waals surface area contributed by atoms with Crippen molar-refractivity contribution in [2.24, 2.45) is 5.73 Å². The number of hydrogen-bond donors (Lipinski definition) is 1. The van der Waals surface area contributed by atoms with Gasteiger partial charge in [0.15, 0.2) is 0 Å². The van der Waals surface area contributed by atoms with Crippen LogP contribution in [0.15, 0.2) is 17.0 Å². The third-order valence-corrected chi connectivity index (χ3v) is 4.66. The first-order valence-corrected chi connectivity index (χ1v) is 7.26. The van der Waals surface area contributed by atoms with Gasteiger partial charge in [0.2, 0.25) is 0 Å². The Balaban J connectivity index is 2.21. The van der Waals surface area contributed by atoms with Gasteiger partial charge in [-0.2, -0.15) is 0 Å². The number of hydrogen-bond acceptors (Lipinski definition) is 3. The van der Waals surface area contributed by atoms with Gasteiger partial charge >= 0.3 is 0 Å². The van der Waals surface area contributed by atoms with Crippen molar-refractivity contribution >= 4 is 11.8 Å². The summed E-state index contributed by atoms with van der Waals surface area (Å²) < 4.78 is 19.0. The molecule has 0 aliphatic carbocycles. The van der Waals surface area contributed by atoms with E-state index in [4.69, 9.17) is 10.5 Å². The van der Waals surface area contributed by atoms with Gasteiger partial charge < -0.3 is 10.5 Å². The third kappa shape index (κ3) is 3.25. The van der Waals surface area contributed by atoms with Crippen LogP contribution in [-0.2, 0) is 4.74 Å². The van der Waals surface area contributed by atoms with E-state index in [1.54, 1.807) is 13.0 Å². The smallest absolute Gasteiger partial charge is 0.126 e. The van der Waals surface area contributed by atoms with Gasteiger partial charge in [0.05, 0.1) is 0 Å². The Morgan fingerprint density at radius 1 is 1.39 bits per heavy atom. The van der Waals surface area contributed by atoms with Crippen LogP contribution in [0.5, 0.6) is 0 Å². The van der Waals surface area contributed by atoms with E-state index in [-0.39, 0.29) is 11.9 Å². The molecule has 18 heavy (non-hydrogen) atoms. The van der Waals surface area contributed by atoms with Crippen molar-refractivity contribution in [1.82, 2.24) is 0 Å². The predicted octanol–water partition coefficient (Wildman–Crippen LogP) is 3.42. The molecule has 1 saturated heterocycles. The van der Waals surface area contributed by atoms with E-state index in [2.05, 4.69) is 0 Å². The Labute approximate surface area is 112 Å². The van der Waals surface area contributed by atoms with E-state index in [1.807, 2.05) is 24.8 Å². The topological polar surface area (TPSA) is 35.2 Å². The van der Waals surface area contributed by atoms with E-state index in [9.17, 15) is 4.39 Å². The predicted molar refractivity (Wildman–Crippen MR) is 73.4 cm³/mol. The minimum Gasteiger partial charge on any atom is -0.381 e.